The number of hydrogen-bond donors (Lipinski definition) is 3. The number of carbonyl (C=O) groups is 3. The molecule has 3 N–H and O–H groups in total. The van der Waals surface area contributed by atoms with Crippen molar-refractivity contribution in [3.63, 3.8) is 0 Å². The molecule has 0 spiro atoms. The van der Waals surface area contributed by atoms with Crippen molar-refractivity contribution >= 4 is 23.5 Å². The average molecular weight is 306 g/mol. The lowest BCUT2D eigenvalue weighted by atomic mass is 10.1. The first-order valence-corrected chi connectivity index (χ1v) is 6.62. The number of methoxy groups -OCH3 is 1. The normalized spacial score (nSPS) is 10.4. The summed E-state index contributed by atoms with van der Waals surface area (Å²) in [6.45, 7) is 0.993. The molecule has 0 unspecified atom stereocenters. The van der Waals surface area contributed by atoms with Crippen molar-refractivity contribution in [3.8, 4) is 0 Å². The number of carboxylic acid groups (broad SMARTS) is 1. The minimum absolute atomic E-state index is 0.303. The molecule has 0 fully saturated rings. The second kappa shape index (κ2) is 9.30. The molecule has 0 radical (unpaired) electrons. The maximum absolute atomic E-state index is 12.1. The van der Waals surface area contributed by atoms with Crippen molar-refractivity contribution in [2.45, 2.75) is 6.42 Å². The Kier molecular flexibility index (Phi) is 7.35. The maximum Gasteiger partial charge on any atom is 0.328 e. The van der Waals surface area contributed by atoms with Gasteiger partial charge >= 0.3 is 5.97 Å². The molecule has 1 rings (SSSR count). The van der Waals surface area contributed by atoms with E-state index in [-0.39, 0.29) is 5.91 Å². The van der Waals surface area contributed by atoms with Gasteiger partial charge in [0.2, 0.25) is 5.91 Å². The predicted molar refractivity (Wildman–Crippen MR) is 80.7 cm³/mol. The van der Waals surface area contributed by atoms with E-state index in [1.54, 1.807) is 31.4 Å². The van der Waals surface area contributed by atoms with E-state index in [1.807, 2.05) is 0 Å². The number of hydrogen-bond acceptors (Lipinski definition) is 4. The fraction of sp³-hybridized carbons (Fsp3) is 0.267. The topological polar surface area (TPSA) is 105 Å². The van der Waals surface area contributed by atoms with Gasteiger partial charge in [-0.15, -0.1) is 0 Å². The molecule has 7 heteroatoms. The van der Waals surface area contributed by atoms with Crippen molar-refractivity contribution < 1.29 is 24.2 Å². The maximum atomic E-state index is 12.1. The molecule has 0 bridgehead atoms. The van der Waals surface area contributed by atoms with Gasteiger partial charge in [-0.1, -0.05) is 12.1 Å². The molecule has 0 atom stereocenters. The molecule has 0 saturated carbocycles. The third-order valence-electron chi connectivity index (χ3n) is 2.62. The van der Waals surface area contributed by atoms with Gasteiger partial charge < -0.3 is 20.5 Å². The lowest BCUT2D eigenvalue weighted by Crippen LogP contribution is -2.26. The molecular weight excluding hydrogens is 288 g/mol. The van der Waals surface area contributed by atoms with Crippen molar-refractivity contribution in [1.82, 2.24) is 5.32 Å². The largest absolute Gasteiger partial charge is 0.478 e. The number of ether oxygens (including phenoxy) is 1. The van der Waals surface area contributed by atoms with Crippen LogP contribution < -0.4 is 10.6 Å². The number of carbonyl (C=O) groups excluding carboxylic acids is 2. The van der Waals surface area contributed by atoms with E-state index >= 15 is 0 Å². The molecule has 0 aliphatic heterocycles. The highest BCUT2D eigenvalue weighted by Crippen LogP contribution is 2.14. The van der Waals surface area contributed by atoms with Crippen LogP contribution in [0.1, 0.15) is 16.8 Å². The zero-order valence-corrected chi connectivity index (χ0v) is 12.2. The highest BCUT2D eigenvalue weighted by molar-refractivity contribution is 6.07. The van der Waals surface area contributed by atoms with Crippen LogP contribution in [0.2, 0.25) is 0 Å². The van der Waals surface area contributed by atoms with Gasteiger partial charge in [-0.05, 0) is 18.6 Å². The van der Waals surface area contributed by atoms with Crippen molar-refractivity contribution in [1.29, 1.82) is 0 Å². The van der Waals surface area contributed by atoms with Gasteiger partial charge in [0.15, 0.2) is 0 Å². The molecule has 7 nitrogen and oxygen atoms in total. The number of anilines is 1. The number of benzene rings is 1. The van der Waals surface area contributed by atoms with Crippen LogP contribution in [0.3, 0.4) is 0 Å². The Morgan fingerprint density at radius 3 is 2.64 bits per heavy atom. The quantitative estimate of drug-likeness (QED) is 0.491. The molecule has 0 aromatic heterocycles. The SMILES string of the molecule is COCCCNC(=O)c1ccccc1NC(=O)/C=C/C(=O)O. The number of nitrogens with one attached hydrogen (secondary N) is 2. The fourth-order valence-corrected chi connectivity index (χ4v) is 1.63. The summed E-state index contributed by atoms with van der Waals surface area (Å²) < 4.78 is 4.89. The summed E-state index contributed by atoms with van der Waals surface area (Å²) >= 11 is 0. The van der Waals surface area contributed by atoms with Crippen LogP contribution >= 0.6 is 0 Å². The molecule has 1 aromatic rings. The monoisotopic (exact) mass is 306 g/mol. The van der Waals surface area contributed by atoms with Gasteiger partial charge in [-0.2, -0.15) is 0 Å². The molecule has 0 heterocycles. The Labute approximate surface area is 128 Å². The van der Waals surface area contributed by atoms with E-state index in [2.05, 4.69) is 10.6 Å². The Morgan fingerprint density at radius 1 is 1.23 bits per heavy atom. The zero-order valence-electron chi connectivity index (χ0n) is 12.2. The van der Waals surface area contributed by atoms with E-state index in [4.69, 9.17) is 9.84 Å². The van der Waals surface area contributed by atoms with Crippen LogP contribution in [0.15, 0.2) is 36.4 Å². The van der Waals surface area contributed by atoms with Gasteiger partial charge in [0.1, 0.15) is 0 Å². The average Bonchev–Trinajstić information content (AvgIpc) is 2.50. The molecule has 0 aliphatic rings. The number of rotatable bonds is 8. The molecule has 118 valence electrons. The smallest absolute Gasteiger partial charge is 0.328 e. The van der Waals surface area contributed by atoms with Crippen LogP contribution in [0.4, 0.5) is 5.69 Å². The molecule has 22 heavy (non-hydrogen) atoms. The summed E-state index contributed by atoms with van der Waals surface area (Å²) in [4.78, 5) is 34.0. The summed E-state index contributed by atoms with van der Waals surface area (Å²) in [7, 11) is 1.58. The second-order valence-electron chi connectivity index (χ2n) is 4.31. The van der Waals surface area contributed by atoms with E-state index in [1.165, 1.54) is 0 Å². The number of amides is 2. The summed E-state index contributed by atoms with van der Waals surface area (Å²) in [6, 6.07) is 6.48. The number of aliphatic carboxylic acids is 1. The van der Waals surface area contributed by atoms with Crippen molar-refractivity contribution in [2.24, 2.45) is 0 Å². The Hall–Kier alpha value is -2.67. The first-order valence-electron chi connectivity index (χ1n) is 6.62. The molecule has 2 amide bonds. The number of para-hydroxylation sites is 1. The Balaban J connectivity index is 2.70. The predicted octanol–water partition coefficient (Wildman–Crippen LogP) is 1.03. The standard InChI is InChI=1S/C15H18N2O5/c1-22-10-4-9-16-15(21)11-5-2-3-6-12(11)17-13(18)7-8-14(19)20/h2-3,5-8H,4,9-10H2,1H3,(H,16,21)(H,17,18)(H,19,20)/b8-7+. The van der Waals surface area contributed by atoms with Gasteiger partial charge in [0.25, 0.3) is 5.91 Å². The summed E-state index contributed by atoms with van der Waals surface area (Å²) in [5.41, 5.74) is 0.615. The second-order valence-corrected chi connectivity index (χ2v) is 4.31. The van der Waals surface area contributed by atoms with E-state index in [0.717, 1.165) is 12.2 Å². The van der Waals surface area contributed by atoms with Crippen LogP contribution in [-0.4, -0.2) is 43.2 Å². The van der Waals surface area contributed by atoms with E-state index in [0.29, 0.717) is 30.8 Å². The van der Waals surface area contributed by atoms with Crippen molar-refractivity contribution in [2.75, 3.05) is 25.6 Å². The molecule has 0 aliphatic carbocycles. The first kappa shape index (κ1) is 17.4. The zero-order chi connectivity index (χ0) is 16.4. The van der Waals surface area contributed by atoms with Gasteiger partial charge in [0.05, 0.1) is 11.3 Å². The highest BCUT2D eigenvalue weighted by Gasteiger charge is 2.11. The summed E-state index contributed by atoms with van der Waals surface area (Å²) in [5, 5.41) is 13.7. The summed E-state index contributed by atoms with van der Waals surface area (Å²) in [5.74, 6) is -2.17. The highest BCUT2D eigenvalue weighted by atomic mass is 16.5. The number of carboxylic acids is 1. The van der Waals surface area contributed by atoms with Crippen molar-refractivity contribution in [3.05, 3.63) is 42.0 Å². The molecule has 0 saturated heterocycles. The summed E-state index contributed by atoms with van der Waals surface area (Å²) in [6.07, 6.45) is 2.29. The third-order valence-corrected chi connectivity index (χ3v) is 2.62. The molecule has 1 aromatic carbocycles. The van der Waals surface area contributed by atoms with Crippen LogP contribution in [0, 0.1) is 0 Å². The molecular formula is C15H18N2O5. The van der Waals surface area contributed by atoms with Crippen LogP contribution in [0.5, 0.6) is 0 Å². The van der Waals surface area contributed by atoms with E-state index in [9.17, 15) is 14.4 Å². The Morgan fingerprint density at radius 2 is 1.95 bits per heavy atom. The van der Waals surface area contributed by atoms with Gasteiger partial charge in [-0.3, -0.25) is 9.59 Å². The van der Waals surface area contributed by atoms with E-state index < -0.39 is 11.9 Å². The minimum atomic E-state index is -1.22. The Bertz CT molecular complexity index is 569. The third kappa shape index (κ3) is 6.19. The van der Waals surface area contributed by atoms with Gasteiger partial charge in [-0.25, -0.2) is 4.79 Å². The van der Waals surface area contributed by atoms with Crippen LogP contribution in [-0.2, 0) is 14.3 Å². The minimum Gasteiger partial charge on any atom is -0.478 e. The van der Waals surface area contributed by atoms with Gasteiger partial charge in [0, 0.05) is 32.4 Å². The lowest BCUT2D eigenvalue weighted by Gasteiger charge is -2.10. The van der Waals surface area contributed by atoms with Crippen LogP contribution in [0.25, 0.3) is 0 Å². The fourth-order valence-electron chi connectivity index (χ4n) is 1.63. The first-order chi connectivity index (χ1) is 10.5. The lowest BCUT2D eigenvalue weighted by molar-refractivity contribution is -0.131.